The molecule has 0 spiro atoms. The van der Waals surface area contributed by atoms with Crippen molar-refractivity contribution in [3.63, 3.8) is 0 Å². The molecule has 5 heteroatoms. The third-order valence-corrected chi connectivity index (χ3v) is 6.38. The first-order valence-corrected chi connectivity index (χ1v) is 9.63. The third kappa shape index (κ3) is 3.31. The number of nitrogens with one attached hydrogen (secondary N) is 1. The van der Waals surface area contributed by atoms with Crippen molar-refractivity contribution in [3.8, 4) is 5.75 Å². The first kappa shape index (κ1) is 17.4. The summed E-state index contributed by atoms with van der Waals surface area (Å²) in [5, 5.41) is 3.35. The number of amides is 1. The van der Waals surface area contributed by atoms with Crippen LogP contribution in [-0.2, 0) is 9.53 Å². The van der Waals surface area contributed by atoms with Gasteiger partial charge in [-0.05, 0) is 87.5 Å². The van der Waals surface area contributed by atoms with Crippen LogP contribution >= 0.6 is 0 Å². The van der Waals surface area contributed by atoms with Crippen LogP contribution in [0.3, 0.4) is 0 Å². The van der Waals surface area contributed by atoms with E-state index in [4.69, 9.17) is 4.74 Å². The standard InChI is InChI=1S/C21H27NO4/c1-13(26-18-5-3-17(4-6-18)20(24)25-2)19(23)22-21-10-14-7-15(11-21)9-16(8-14)12-21/h3-6,13-16H,7-12H2,1-2H3,(H,22,23)/t13-,14?,15?,16?,21?/m0/s1. The zero-order valence-corrected chi connectivity index (χ0v) is 15.5. The highest BCUT2D eigenvalue weighted by Crippen LogP contribution is 2.55. The van der Waals surface area contributed by atoms with Crippen LogP contribution in [0.25, 0.3) is 0 Å². The molecule has 140 valence electrons. The molecule has 4 bridgehead atoms. The Morgan fingerprint density at radius 2 is 1.58 bits per heavy atom. The van der Waals surface area contributed by atoms with Gasteiger partial charge >= 0.3 is 5.97 Å². The summed E-state index contributed by atoms with van der Waals surface area (Å²) < 4.78 is 10.5. The molecule has 5 nitrogen and oxygen atoms in total. The molecular weight excluding hydrogens is 330 g/mol. The van der Waals surface area contributed by atoms with Crippen LogP contribution in [0.15, 0.2) is 24.3 Å². The van der Waals surface area contributed by atoms with Gasteiger partial charge in [0.05, 0.1) is 12.7 Å². The number of carbonyl (C=O) groups excluding carboxylic acids is 2. The summed E-state index contributed by atoms with van der Waals surface area (Å²) in [4.78, 5) is 24.2. The van der Waals surface area contributed by atoms with Gasteiger partial charge in [0.1, 0.15) is 5.75 Å². The normalized spacial score (nSPS) is 32.8. The van der Waals surface area contributed by atoms with E-state index >= 15 is 0 Å². The molecular formula is C21H27NO4. The van der Waals surface area contributed by atoms with Crippen molar-refractivity contribution in [1.82, 2.24) is 5.32 Å². The molecule has 1 N–H and O–H groups in total. The molecule has 26 heavy (non-hydrogen) atoms. The van der Waals surface area contributed by atoms with Gasteiger partial charge in [0.2, 0.25) is 0 Å². The van der Waals surface area contributed by atoms with Crippen LogP contribution < -0.4 is 10.1 Å². The summed E-state index contributed by atoms with van der Waals surface area (Å²) in [6.07, 6.45) is 6.89. The van der Waals surface area contributed by atoms with E-state index in [2.05, 4.69) is 10.1 Å². The first-order chi connectivity index (χ1) is 12.5. The Hall–Kier alpha value is -2.04. The molecule has 1 amide bonds. The molecule has 1 atom stereocenters. The molecule has 0 aromatic heterocycles. The van der Waals surface area contributed by atoms with Crippen LogP contribution in [-0.4, -0.2) is 30.6 Å². The summed E-state index contributed by atoms with van der Waals surface area (Å²) in [6, 6.07) is 6.68. The Bertz CT molecular complexity index is 661. The van der Waals surface area contributed by atoms with Gasteiger partial charge in [0.25, 0.3) is 5.91 Å². The smallest absolute Gasteiger partial charge is 0.337 e. The second-order valence-electron chi connectivity index (χ2n) is 8.46. The van der Waals surface area contributed by atoms with Crippen molar-refractivity contribution in [2.75, 3.05) is 7.11 Å². The number of rotatable bonds is 5. The fraction of sp³-hybridized carbons (Fsp3) is 0.619. The molecule has 0 radical (unpaired) electrons. The van der Waals surface area contributed by atoms with Crippen LogP contribution in [0.5, 0.6) is 5.75 Å². The van der Waals surface area contributed by atoms with E-state index in [0.29, 0.717) is 11.3 Å². The number of hydrogen-bond acceptors (Lipinski definition) is 4. The van der Waals surface area contributed by atoms with E-state index in [1.807, 2.05) is 0 Å². The molecule has 4 fully saturated rings. The van der Waals surface area contributed by atoms with Crippen molar-refractivity contribution >= 4 is 11.9 Å². The van der Waals surface area contributed by atoms with Gasteiger partial charge in [-0.15, -0.1) is 0 Å². The maximum atomic E-state index is 12.7. The Morgan fingerprint density at radius 1 is 1.04 bits per heavy atom. The van der Waals surface area contributed by atoms with Crippen molar-refractivity contribution in [3.05, 3.63) is 29.8 Å². The number of ether oxygens (including phenoxy) is 2. The predicted octanol–water partition coefficient (Wildman–Crippen LogP) is 3.33. The van der Waals surface area contributed by atoms with Gasteiger partial charge in [0, 0.05) is 5.54 Å². The molecule has 1 aromatic carbocycles. The summed E-state index contributed by atoms with van der Waals surface area (Å²) in [5.41, 5.74) is 0.462. The van der Waals surface area contributed by atoms with E-state index in [1.165, 1.54) is 26.4 Å². The van der Waals surface area contributed by atoms with Gasteiger partial charge in [-0.1, -0.05) is 0 Å². The van der Waals surface area contributed by atoms with Crippen LogP contribution in [0.2, 0.25) is 0 Å². The number of methoxy groups -OCH3 is 1. The fourth-order valence-electron chi connectivity index (χ4n) is 5.67. The first-order valence-electron chi connectivity index (χ1n) is 9.63. The molecule has 0 unspecified atom stereocenters. The zero-order chi connectivity index (χ0) is 18.3. The Kier molecular flexibility index (Phi) is 4.41. The molecule has 0 aliphatic heterocycles. The van der Waals surface area contributed by atoms with Crippen LogP contribution in [0, 0.1) is 17.8 Å². The molecule has 5 rings (SSSR count). The molecule has 4 aliphatic rings. The van der Waals surface area contributed by atoms with E-state index in [-0.39, 0.29) is 17.4 Å². The minimum atomic E-state index is -0.563. The third-order valence-electron chi connectivity index (χ3n) is 6.38. The Labute approximate surface area is 154 Å². The predicted molar refractivity (Wildman–Crippen MR) is 96.9 cm³/mol. The topological polar surface area (TPSA) is 64.6 Å². The number of benzene rings is 1. The van der Waals surface area contributed by atoms with Crippen molar-refractivity contribution < 1.29 is 19.1 Å². The van der Waals surface area contributed by atoms with E-state index in [1.54, 1.807) is 31.2 Å². The lowest BCUT2D eigenvalue weighted by atomic mass is 9.53. The summed E-state index contributed by atoms with van der Waals surface area (Å²) in [7, 11) is 1.35. The average molecular weight is 357 g/mol. The van der Waals surface area contributed by atoms with E-state index in [9.17, 15) is 9.59 Å². The van der Waals surface area contributed by atoms with Crippen molar-refractivity contribution in [1.29, 1.82) is 0 Å². The molecule has 4 saturated carbocycles. The lowest BCUT2D eigenvalue weighted by molar-refractivity contribution is -0.133. The van der Waals surface area contributed by atoms with Crippen molar-refractivity contribution in [2.24, 2.45) is 17.8 Å². The second-order valence-corrected chi connectivity index (χ2v) is 8.46. The van der Waals surface area contributed by atoms with Crippen molar-refractivity contribution in [2.45, 2.75) is 57.1 Å². The highest BCUT2D eigenvalue weighted by Gasteiger charge is 2.51. The quantitative estimate of drug-likeness (QED) is 0.821. The maximum Gasteiger partial charge on any atom is 0.337 e. The Balaban J connectivity index is 1.37. The molecule has 1 aromatic rings. The number of hydrogen-bond donors (Lipinski definition) is 1. The summed E-state index contributed by atoms with van der Waals surface area (Å²) >= 11 is 0. The molecule has 4 aliphatic carbocycles. The lowest BCUT2D eigenvalue weighted by Crippen LogP contribution is -2.61. The van der Waals surface area contributed by atoms with Crippen LogP contribution in [0.4, 0.5) is 0 Å². The monoisotopic (exact) mass is 357 g/mol. The van der Waals surface area contributed by atoms with Gasteiger partial charge in [-0.3, -0.25) is 4.79 Å². The summed E-state index contributed by atoms with van der Waals surface area (Å²) in [5.74, 6) is 2.54. The minimum Gasteiger partial charge on any atom is -0.481 e. The lowest BCUT2D eigenvalue weighted by Gasteiger charge is -2.57. The summed E-state index contributed by atoms with van der Waals surface area (Å²) in [6.45, 7) is 1.78. The molecule has 0 saturated heterocycles. The van der Waals surface area contributed by atoms with Gasteiger partial charge in [0.15, 0.2) is 6.10 Å². The largest absolute Gasteiger partial charge is 0.481 e. The minimum absolute atomic E-state index is 0.00179. The van der Waals surface area contributed by atoms with Crippen LogP contribution in [0.1, 0.15) is 55.8 Å². The number of esters is 1. The Morgan fingerprint density at radius 3 is 2.08 bits per heavy atom. The van der Waals surface area contributed by atoms with E-state index < -0.39 is 6.10 Å². The second kappa shape index (κ2) is 6.60. The SMILES string of the molecule is COC(=O)c1ccc(O[C@@H](C)C(=O)NC23CC4CC(CC(C4)C2)C3)cc1. The highest BCUT2D eigenvalue weighted by atomic mass is 16.5. The van der Waals surface area contributed by atoms with Gasteiger partial charge < -0.3 is 14.8 Å². The maximum absolute atomic E-state index is 12.7. The van der Waals surface area contributed by atoms with Gasteiger partial charge in [-0.25, -0.2) is 4.79 Å². The fourth-order valence-corrected chi connectivity index (χ4v) is 5.67. The number of carbonyl (C=O) groups is 2. The highest BCUT2D eigenvalue weighted by molar-refractivity contribution is 5.89. The van der Waals surface area contributed by atoms with Gasteiger partial charge in [-0.2, -0.15) is 0 Å². The molecule has 0 heterocycles. The van der Waals surface area contributed by atoms with E-state index in [0.717, 1.165) is 37.0 Å². The average Bonchev–Trinajstić information content (AvgIpc) is 2.60. The zero-order valence-electron chi connectivity index (χ0n) is 15.5.